The molecule has 4 rings (SSSR count). The summed E-state index contributed by atoms with van der Waals surface area (Å²) in [6.45, 7) is 5.69. The topological polar surface area (TPSA) is 86.3 Å². The molecule has 2 heterocycles. The number of benzene rings is 1. The molecule has 1 aromatic heterocycles. The maximum absolute atomic E-state index is 12.0. The van der Waals surface area contributed by atoms with Crippen LogP contribution in [0.4, 0.5) is 5.69 Å². The van der Waals surface area contributed by atoms with E-state index in [0.29, 0.717) is 23.6 Å². The van der Waals surface area contributed by atoms with Gasteiger partial charge in [0.15, 0.2) is 11.6 Å². The molecule has 0 bridgehead atoms. The van der Waals surface area contributed by atoms with Crippen molar-refractivity contribution in [3.8, 4) is 6.07 Å². The van der Waals surface area contributed by atoms with Gasteiger partial charge in [0.2, 0.25) is 5.89 Å². The first-order valence-electron chi connectivity index (χ1n) is 9.49. The zero-order valence-electron chi connectivity index (χ0n) is 15.5. The summed E-state index contributed by atoms with van der Waals surface area (Å²) in [5.74, 6) is 2.03. The average molecular weight is 365 g/mol. The first-order valence-corrected chi connectivity index (χ1v) is 9.49. The number of hydrogen-bond acceptors (Lipinski definition) is 7. The number of ketones is 1. The number of carbonyl (C=O) groups is 1. The van der Waals surface area contributed by atoms with Gasteiger partial charge in [0.25, 0.3) is 0 Å². The van der Waals surface area contributed by atoms with Gasteiger partial charge in [-0.3, -0.25) is 9.69 Å². The average Bonchev–Trinajstić information content (AvgIpc) is 3.46. The molecule has 0 unspecified atom stereocenters. The second-order valence-electron chi connectivity index (χ2n) is 7.34. The third-order valence-corrected chi connectivity index (χ3v) is 5.21. The molecule has 2 aliphatic rings. The Hall–Kier alpha value is -2.72. The lowest BCUT2D eigenvalue weighted by molar-refractivity contribution is 0.101. The van der Waals surface area contributed by atoms with Crippen LogP contribution in [0.25, 0.3) is 0 Å². The van der Waals surface area contributed by atoms with Gasteiger partial charge >= 0.3 is 0 Å². The molecule has 1 aliphatic heterocycles. The van der Waals surface area contributed by atoms with Crippen LogP contribution in [-0.4, -0.2) is 47.0 Å². The third-order valence-electron chi connectivity index (χ3n) is 5.21. The highest BCUT2D eigenvalue weighted by molar-refractivity contribution is 6.00. The zero-order chi connectivity index (χ0) is 18.8. The van der Waals surface area contributed by atoms with E-state index >= 15 is 0 Å². The van der Waals surface area contributed by atoms with Crippen LogP contribution < -0.4 is 4.90 Å². The lowest BCUT2D eigenvalue weighted by Crippen LogP contribution is -2.31. The highest BCUT2D eigenvalue weighted by atomic mass is 16.5. The fourth-order valence-corrected chi connectivity index (χ4v) is 3.56. The maximum atomic E-state index is 12.0. The largest absolute Gasteiger partial charge is 0.370 e. The Morgan fingerprint density at radius 2 is 2.15 bits per heavy atom. The summed E-state index contributed by atoms with van der Waals surface area (Å²) in [4.78, 5) is 21.1. The van der Waals surface area contributed by atoms with E-state index in [2.05, 4.69) is 26.0 Å². The summed E-state index contributed by atoms with van der Waals surface area (Å²) in [6, 6.07) is 7.47. The van der Waals surface area contributed by atoms with Crippen molar-refractivity contribution in [2.75, 3.05) is 31.1 Å². The lowest BCUT2D eigenvalue weighted by Gasteiger charge is -2.25. The molecule has 1 aliphatic carbocycles. The molecule has 0 N–H and O–H groups in total. The number of anilines is 1. The van der Waals surface area contributed by atoms with Crippen molar-refractivity contribution in [1.82, 2.24) is 15.0 Å². The first kappa shape index (κ1) is 17.7. The van der Waals surface area contributed by atoms with Crippen molar-refractivity contribution >= 4 is 11.5 Å². The SMILES string of the molecule is CC(=O)c1ccc(C#N)cc1N1CCCN(Cc2noc(C3CC3)n2)CC1. The molecule has 0 amide bonds. The second-order valence-corrected chi connectivity index (χ2v) is 7.34. The molecule has 1 saturated carbocycles. The van der Waals surface area contributed by atoms with Gasteiger partial charge in [-0.1, -0.05) is 5.16 Å². The van der Waals surface area contributed by atoms with Crippen LogP contribution in [0.5, 0.6) is 0 Å². The molecule has 0 atom stereocenters. The van der Waals surface area contributed by atoms with E-state index in [1.54, 1.807) is 19.1 Å². The fraction of sp³-hybridized carbons (Fsp3) is 0.500. The minimum absolute atomic E-state index is 0.0231. The van der Waals surface area contributed by atoms with Gasteiger partial charge in [0.05, 0.1) is 18.2 Å². The summed E-state index contributed by atoms with van der Waals surface area (Å²) in [5.41, 5.74) is 2.11. The normalized spacial score (nSPS) is 18.1. The molecule has 7 heteroatoms. The molecular formula is C20H23N5O2. The number of carbonyl (C=O) groups excluding carboxylic acids is 1. The van der Waals surface area contributed by atoms with Crippen molar-refractivity contribution in [2.24, 2.45) is 0 Å². The highest BCUT2D eigenvalue weighted by Gasteiger charge is 2.30. The van der Waals surface area contributed by atoms with Gasteiger partial charge in [-0.05, 0) is 44.4 Å². The summed E-state index contributed by atoms with van der Waals surface area (Å²) in [7, 11) is 0. The van der Waals surface area contributed by atoms with Crippen molar-refractivity contribution in [3.05, 3.63) is 41.0 Å². The monoisotopic (exact) mass is 365 g/mol. The molecule has 140 valence electrons. The van der Waals surface area contributed by atoms with Crippen LogP contribution in [0.2, 0.25) is 0 Å². The van der Waals surface area contributed by atoms with Crippen LogP contribution in [0.1, 0.15) is 59.7 Å². The maximum Gasteiger partial charge on any atom is 0.229 e. The van der Waals surface area contributed by atoms with E-state index in [9.17, 15) is 10.1 Å². The van der Waals surface area contributed by atoms with Crippen molar-refractivity contribution < 1.29 is 9.32 Å². The molecule has 27 heavy (non-hydrogen) atoms. The van der Waals surface area contributed by atoms with E-state index in [4.69, 9.17) is 4.52 Å². The Kier molecular flexibility index (Phi) is 4.90. The molecular weight excluding hydrogens is 342 g/mol. The summed E-state index contributed by atoms with van der Waals surface area (Å²) in [6.07, 6.45) is 3.28. The summed E-state index contributed by atoms with van der Waals surface area (Å²) >= 11 is 0. The van der Waals surface area contributed by atoms with Crippen molar-refractivity contribution in [1.29, 1.82) is 5.26 Å². The highest BCUT2D eigenvalue weighted by Crippen LogP contribution is 2.38. The van der Waals surface area contributed by atoms with Gasteiger partial charge in [-0.25, -0.2) is 0 Å². The molecule has 1 aromatic carbocycles. The Balaban J connectivity index is 1.45. The number of aromatic nitrogens is 2. The Morgan fingerprint density at radius 3 is 2.89 bits per heavy atom. The van der Waals surface area contributed by atoms with Crippen molar-refractivity contribution in [2.45, 2.75) is 38.6 Å². The summed E-state index contributed by atoms with van der Waals surface area (Å²) in [5, 5.41) is 13.3. The number of rotatable bonds is 5. The molecule has 0 radical (unpaired) electrons. The van der Waals surface area contributed by atoms with E-state index in [0.717, 1.165) is 62.8 Å². The van der Waals surface area contributed by atoms with Crippen LogP contribution in [0.3, 0.4) is 0 Å². The minimum Gasteiger partial charge on any atom is -0.370 e. The third kappa shape index (κ3) is 4.01. The van der Waals surface area contributed by atoms with E-state index in [1.165, 1.54) is 0 Å². The molecule has 1 saturated heterocycles. The fourth-order valence-electron chi connectivity index (χ4n) is 3.56. The number of nitriles is 1. The van der Waals surface area contributed by atoms with Gasteiger partial charge in [0.1, 0.15) is 0 Å². The Bertz CT molecular complexity index is 881. The standard InChI is InChI=1S/C20H23N5O2/c1-14(26)17-6-3-15(12-21)11-18(17)25-8-2-7-24(9-10-25)13-19-22-20(27-23-19)16-4-5-16/h3,6,11,16H,2,4-5,7-10,13H2,1H3. The predicted octanol–water partition coefficient (Wildman–Crippen LogP) is 2.73. The molecule has 2 fully saturated rings. The summed E-state index contributed by atoms with van der Waals surface area (Å²) < 4.78 is 5.35. The van der Waals surface area contributed by atoms with Gasteiger partial charge in [0, 0.05) is 43.3 Å². The number of nitrogens with zero attached hydrogens (tertiary/aromatic N) is 5. The first-order chi connectivity index (χ1) is 13.1. The van der Waals surface area contributed by atoms with E-state index < -0.39 is 0 Å². The van der Waals surface area contributed by atoms with Crippen molar-refractivity contribution in [3.63, 3.8) is 0 Å². The van der Waals surface area contributed by atoms with Crippen LogP contribution >= 0.6 is 0 Å². The van der Waals surface area contributed by atoms with Crippen LogP contribution in [0, 0.1) is 11.3 Å². The molecule has 2 aromatic rings. The van der Waals surface area contributed by atoms with Gasteiger partial charge < -0.3 is 9.42 Å². The van der Waals surface area contributed by atoms with E-state index in [1.807, 2.05) is 6.07 Å². The van der Waals surface area contributed by atoms with Crippen LogP contribution in [-0.2, 0) is 6.54 Å². The molecule has 7 nitrogen and oxygen atoms in total. The Morgan fingerprint density at radius 1 is 1.30 bits per heavy atom. The van der Waals surface area contributed by atoms with E-state index in [-0.39, 0.29) is 5.78 Å². The number of hydrogen-bond donors (Lipinski definition) is 0. The second kappa shape index (κ2) is 7.49. The molecule has 0 spiro atoms. The smallest absolute Gasteiger partial charge is 0.229 e. The van der Waals surface area contributed by atoms with Gasteiger partial charge in [-0.15, -0.1) is 0 Å². The number of Topliss-reactive ketones (excluding diaryl/α,β-unsaturated/α-hetero) is 1. The quantitative estimate of drug-likeness (QED) is 0.753. The van der Waals surface area contributed by atoms with Crippen LogP contribution in [0.15, 0.2) is 22.7 Å². The lowest BCUT2D eigenvalue weighted by atomic mass is 10.1. The van der Waals surface area contributed by atoms with Gasteiger partial charge in [-0.2, -0.15) is 10.2 Å². The Labute approximate surface area is 158 Å². The predicted molar refractivity (Wildman–Crippen MR) is 99.5 cm³/mol. The zero-order valence-corrected chi connectivity index (χ0v) is 15.5. The minimum atomic E-state index is 0.0231.